The van der Waals surface area contributed by atoms with E-state index in [9.17, 15) is 4.39 Å². The van der Waals surface area contributed by atoms with Gasteiger partial charge >= 0.3 is 0 Å². The summed E-state index contributed by atoms with van der Waals surface area (Å²) >= 11 is 15.8. The molecular formula is C15H13BrCl2FN. The molecule has 0 saturated heterocycles. The molecule has 2 aromatic carbocycles. The molecule has 0 aliphatic rings. The van der Waals surface area contributed by atoms with E-state index in [4.69, 9.17) is 23.2 Å². The molecule has 20 heavy (non-hydrogen) atoms. The van der Waals surface area contributed by atoms with Crippen LogP contribution in [0.15, 0.2) is 40.9 Å². The normalized spacial score (nSPS) is 12.4. The standard InChI is InChI=1S/C15H13BrCl2FN/c1-20-15(12-8-10(16)2-4-14(12)18)7-9-6-11(19)3-5-13(9)17/h2-6,8,15,20H,7H2,1H3. The van der Waals surface area contributed by atoms with Crippen molar-refractivity contribution in [1.29, 1.82) is 0 Å². The molecule has 0 heterocycles. The Bertz CT molecular complexity index is 619. The molecule has 106 valence electrons. The summed E-state index contributed by atoms with van der Waals surface area (Å²) in [5.41, 5.74) is 1.70. The van der Waals surface area contributed by atoms with E-state index >= 15 is 0 Å². The lowest BCUT2D eigenvalue weighted by Crippen LogP contribution is -2.19. The van der Waals surface area contributed by atoms with Crippen molar-refractivity contribution in [2.24, 2.45) is 0 Å². The van der Waals surface area contributed by atoms with Crippen LogP contribution in [0.3, 0.4) is 0 Å². The topological polar surface area (TPSA) is 12.0 Å². The van der Waals surface area contributed by atoms with Crippen LogP contribution in [-0.4, -0.2) is 7.05 Å². The monoisotopic (exact) mass is 375 g/mol. The maximum atomic E-state index is 13.3. The van der Waals surface area contributed by atoms with Crippen molar-refractivity contribution in [1.82, 2.24) is 5.32 Å². The fraction of sp³-hybridized carbons (Fsp3) is 0.200. The Morgan fingerprint density at radius 2 is 1.85 bits per heavy atom. The first kappa shape index (κ1) is 15.8. The fourth-order valence-corrected chi connectivity index (χ4v) is 2.89. The van der Waals surface area contributed by atoms with E-state index in [0.717, 1.165) is 15.6 Å². The Morgan fingerprint density at radius 1 is 1.15 bits per heavy atom. The molecule has 0 amide bonds. The highest BCUT2D eigenvalue weighted by Crippen LogP contribution is 2.30. The minimum Gasteiger partial charge on any atom is -0.313 e. The van der Waals surface area contributed by atoms with Crippen molar-refractivity contribution in [2.45, 2.75) is 12.5 Å². The van der Waals surface area contributed by atoms with Gasteiger partial charge in [-0.3, -0.25) is 0 Å². The first-order chi connectivity index (χ1) is 9.51. The molecule has 0 aliphatic heterocycles. The lowest BCUT2D eigenvalue weighted by molar-refractivity contribution is 0.584. The predicted molar refractivity (Wildman–Crippen MR) is 86.1 cm³/mol. The lowest BCUT2D eigenvalue weighted by Gasteiger charge is -2.19. The van der Waals surface area contributed by atoms with E-state index in [1.54, 1.807) is 6.07 Å². The lowest BCUT2D eigenvalue weighted by atomic mass is 9.99. The molecular weight excluding hydrogens is 364 g/mol. The van der Waals surface area contributed by atoms with Gasteiger partial charge in [0.2, 0.25) is 0 Å². The van der Waals surface area contributed by atoms with E-state index in [1.807, 2.05) is 25.2 Å². The Balaban J connectivity index is 2.33. The summed E-state index contributed by atoms with van der Waals surface area (Å²) in [6.07, 6.45) is 0.559. The molecule has 0 aliphatic carbocycles. The zero-order valence-electron chi connectivity index (χ0n) is 10.8. The molecule has 0 spiro atoms. The van der Waals surface area contributed by atoms with Gasteiger partial charge in [-0.25, -0.2) is 4.39 Å². The average molecular weight is 377 g/mol. The number of nitrogens with one attached hydrogen (secondary N) is 1. The molecule has 1 nitrogen and oxygen atoms in total. The Kier molecular flexibility index (Phi) is 5.44. The van der Waals surface area contributed by atoms with Gasteiger partial charge in [-0.05, 0) is 61.0 Å². The van der Waals surface area contributed by atoms with Crippen LogP contribution in [0.4, 0.5) is 4.39 Å². The summed E-state index contributed by atoms with van der Waals surface area (Å²) in [7, 11) is 1.84. The summed E-state index contributed by atoms with van der Waals surface area (Å²) in [4.78, 5) is 0. The van der Waals surface area contributed by atoms with Gasteiger partial charge in [0.05, 0.1) is 0 Å². The fourth-order valence-electron chi connectivity index (χ4n) is 2.07. The Morgan fingerprint density at radius 3 is 2.55 bits per heavy atom. The largest absolute Gasteiger partial charge is 0.313 e. The quantitative estimate of drug-likeness (QED) is 0.753. The van der Waals surface area contributed by atoms with Gasteiger partial charge in [0.25, 0.3) is 0 Å². The molecule has 1 N–H and O–H groups in total. The third-order valence-electron chi connectivity index (χ3n) is 3.11. The predicted octanol–water partition coefficient (Wildman–Crippen LogP) is 5.40. The zero-order valence-corrected chi connectivity index (χ0v) is 13.9. The highest BCUT2D eigenvalue weighted by atomic mass is 79.9. The van der Waals surface area contributed by atoms with Crippen molar-refractivity contribution < 1.29 is 4.39 Å². The molecule has 0 saturated carbocycles. The smallest absolute Gasteiger partial charge is 0.123 e. The first-order valence-electron chi connectivity index (χ1n) is 6.07. The van der Waals surface area contributed by atoms with Gasteiger partial charge < -0.3 is 5.32 Å². The maximum absolute atomic E-state index is 13.3. The summed E-state index contributed by atoms with van der Waals surface area (Å²) in [6, 6.07) is 10.0. The highest BCUT2D eigenvalue weighted by molar-refractivity contribution is 9.10. The molecule has 1 atom stereocenters. The van der Waals surface area contributed by atoms with E-state index in [2.05, 4.69) is 21.2 Å². The molecule has 2 aromatic rings. The molecule has 5 heteroatoms. The first-order valence-corrected chi connectivity index (χ1v) is 7.62. The van der Waals surface area contributed by atoms with Crippen LogP contribution < -0.4 is 5.32 Å². The van der Waals surface area contributed by atoms with E-state index in [-0.39, 0.29) is 11.9 Å². The summed E-state index contributed by atoms with van der Waals surface area (Å²) < 4.78 is 14.3. The molecule has 0 fully saturated rings. The number of rotatable bonds is 4. The van der Waals surface area contributed by atoms with Crippen molar-refractivity contribution in [2.75, 3.05) is 7.05 Å². The van der Waals surface area contributed by atoms with Gasteiger partial charge in [0, 0.05) is 20.6 Å². The SMILES string of the molecule is CNC(Cc1cc(F)ccc1Cl)c1cc(Br)ccc1Cl. The van der Waals surface area contributed by atoms with Crippen molar-refractivity contribution in [3.63, 3.8) is 0 Å². The number of likely N-dealkylation sites (N-methyl/N-ethyl adjacent to an activating group) is 1. The second-order valence-electron chi connectivity index (χ2n) is 4.45. The number of hydrogen-bond acceptors (Lipinski definition) is 1. The van der Waals surface area contributed by atoms with Crippen LogP contribution in [0.2, 0.25) is 10.0 Å². The van der Waals surface area contributed by atoms with Gasteiger partial charge in [0.15, 0.2) is 0 Å². The van der Waals surface area contributed by atoms with Crippen LogP contribution in [0, 0.1) is 5.82 Å². The Labute approximate surface area is 136 Å². The summed E-state index contributed by atoms with van der Waals surface area (Å²) in [6.45, 7) is 0. The molecule has 0 bridgehead atoms. The number of halogens is 4. The molecule has 0 radical (unpaired) electrons. The molecule has 2 rings (SSSR count). The third kappa shape index (κ3) is 3.73. The van der Waals surface area contributed by atoms with Crippen LogP contribution in [0.5, 0.6) is 0 Å². The maximum Gasteiger partial charge on any atom is 0.123 e. The van der Waals surface area contributed by atoms with Crippen LogP contribution in [-0.2, 0) is 6.42 Å². The number of benzene rings is 2. The Hall–Kier alpha value is -0.610. The van der Waals surface area contributed by atoms with E-state index in [1.165, 1.54) is 12.1 Å². The van der Waals surface area contributed by atoms with Crippen LogP contribution in [0.25, 0.3) is 0 Å². The van der Waals surface area contributed by atoms with E-state index < -0.39 is 0 Å². The van der Waals surface area contributed by atoms with Crippen LogP contribution >= 0.6 is 39.1 Å². The second-order valence-corrected chi connectivity index (χ2v) is 6.18. The molecule has 1 unspecified atom stereocenters. The van der Waals surface area contributed by atoms with Gasteiger partial charge in [-0.1, -0.05) is 39.1 Å². The average Bonchev–Trinajstić information content (AvgIpc) is 2.42. The van der Waals surface area contributed by atoms with Crippen LogP contribution in [0.1, 0.15) is 17.2 Å². The van der Waals surface area contributed by atoms with Crippen molar-refractivity contribution in [3.05, 3.63) is 67.9 Å². The highest BCUT2D eigenvalue weighted by Gasteiger charge is 2.16. The van der Waals surface area contributed by atoms with Gasteiger partial charge in [-0.15, -0.1) is 0 Å². The van der Waals surface area contributed by atoms with Crippen molar-refractivity contribution in [3.8, 4) is 0 Å². The molecule has 0 aromatic heterocycles. The number of hydrogen-bond donors (Lipinski definition) is 1. The summed E-state index contributed by atoms with van der Waals surface area (Å²) in [5, 5.41) is 4.42. The minimum absolute atomic E-state index is 0.0423. The summed E-state index contributed by atoms with van der Waals surface area (Å²) in [5.74, 6) is -0.292. The van der Waals surface area contributed by atoms with Crippen molar-refractivity contribution >= 4 is 39.1 Å². The van der Waals surface area contributed by atoms with Gasteiger partial charge in [0.1, 0.15) is 5.82 Å². The van der Waals surface area contributed by atoms with Gasteiger partial charge in [-0.2, -0.15) is 0 Å². The third-order valence-corrected chi connectivity index (χ3v) is 4.32. The van der Waals surface area contributed by atoms with E-state index in [0.29, 0.717) is 16.5 Å². The minimum atomic E-state index is -0.292. The zero-order chi connectivity index (χ0) is 14.7. The second kappa shape index (κ2) is 6.90.